The van der Waals surface area contributed by atoms with Crippen molar-refractivity contribution < 1.29 is 9.53 Å². The van der Waals surface area contributed by atoms with E-state index in [1.165, 1.54) is 18.2 Å². The zero-order valence-electron chi connectivity index (χ0n) is 15.5. The molecule has 1 aromatic carbocycles. The molecule has 5 heteroatoms. The Morgan fingerprint density at radius 2 is 2.08 bits per heavy atom. The number of para-hydroxylation sites is 2. The molecule has 136 valence electrons. The van der Waals surface area contributed by atoms with Crippen molar-refractivity contribution in [2.45, 2.75) is 58.2 Å². The summed E-state index contributed by atoms with van der Waals surface area (Å²) < 4.78 is 5.90. The van der Waals surface area contributed by atoms with Gasteiger partial charge in [-0.15, -0.1) is 0 Å². The van der Waals surface area contributed by atoms with Crippen molar-refractivity contribution in [1.82, 2.24) is 9.97 Å². The summed E-state index contributed by atoms with van der Waals surface area (Å²) in [5.41, 5.74) is 2.08. The molecular weight excluding hydrogens is 332 g/mol. The molecule has 0 bridgehead atoms. The smallest absolute Gasteiger partial charge is 0.316 e. The molecule has 0 unspecified atom stereocenters. The van der Waals surface area contributed by atoms with Crippen molar-refractivity contribution in [3.05, 3.63) is 24.3 Å². The Bertz CT molecular complexity index is 702. The molecule has 3 atom stereocenters. The lowest BCUT2D eigenvalue weighted by molar-refractivity contribution is -0.154. The van der Waals surface area contributed by atoms with Gasteiger partial charge >= 0.3 is 5.97 Å². The lowest BCUT2D eigenvalue weighted by Crippen LogP contribution is -2.40. The molecular formula is C20H28N2O2S. The van der Waals surface area contributed by atoms with Gasteiger partial charge in [0.1, 0.15) is 6.10 Å². The number of carbonyl (C=O) groups is 1. The lowest BCUT2D eigenvalue weighted by atomic mass is 9.68. The number of hydrogen-bond acceptors (Lipinski definition) is 4. The number of H-pyrrole nitrogens is 1. The monoisotopic (exact) mass is 360 g/mol. The van der Waals surface area contributed by atoms with Crippen LogP contribution in [0.5, 0.6) is 0 Å². The standard InChI is InChI=1S/C20H28N2O2S/c1-13-9-10-14(20(2,3)4)17(11-13)24-18(23)12-25-19-21-15-7-5-6-8-16(15)22-19/h5-8,13-14,17H,9-12H2,1-4H3,(H,21,22)/t13-,14-,17+/m1/s1. The minimum Gasteiger partial charge on any atom is -0.461 e. The molecule has 0 radical (unpaired) electrons. The summed E-state index contributed by atoms with van der Waals surface area (Å²) in [6, 6.07) is 7.89. The van der Waals surface area contributed by atoms with Crippen LogP contribution >= 0.6 is 11.8 Å². The first-order valence-electron chi connectivity index (χ1n) is 9.10. The molecule has 0 saturated heterocycles. The Hall–Kier alpha value is -1.49. The molecule has 0 aliphatic heterocycles. The van der Waals surface area contributed by atoms with Crippen LogP contribution in [0.25, 0.3) is 11.0 Å². The molecule has 1 aliphatic carbocycles. The second-order valence-electron chi connectivity index (χ2n) is 8.27. The van der Waals surface area contributed by atoms with Crippen LogP contribution in [0.2, 0.25) is 0 Å². The fourth-order valence-electron chi connectivity index (χ4n) is 3.78. The number of esters is 1. The molecule has 1 heterocycles. The van der Waals surface area contributed by atoms with E-state index in [0.717, 1.165) is 29.0 Å². The Morgan fingerprint density at radius 3 is 2.80 bits per heavy atom. The fraction of sp³-hybridized carbons (Fsp3) is 0.600. The first-order valence-corrected chi connectivity index (χ1v) is 10.1. The number of fused-ring (bicyclic) bond motifs is 1. The summed E-state index contributed by atoms with van der Waals surface area (Å²) in [5, 5.41) is 0.766. The number of nitrogens with one attached hydrogen (secondary N) is 1. The topological polar surface area (TPSA) is 55.0 Å². The van der Waals surface area contributed by atoms with Gasteiger partial charge in [0.05, 0.1) is 16.8 Å². The van der Waals surface area contributed by atoms with Gasteiger partial charge in [-0.2, -0.15) is 0 Å². The highest BCUT2D eigenvalue weighted by molar-refractivity contribution is 7.99. The zero-order valence-corrected chi connectivity index (χ0v) is 16.4. The number of nitrogens with zero attached hydrogens (tertiary/aromatic N) is 1. The molecule has 1 fully saturated rings. The summed E-state index contributed by atoms with van der Waals surface area (Å²) in [4.78, 5) is 20.1. The van der Waals surface area contributed by atoms with E-state index >= 15 is 0 Å². The van der Waals surface area contributed by atoms with Crippen LogP contribution in [-0.2, 0) is 9.53 Å². The third-order valence-corrected chi connectivity index (χ3v) is 5.99. The number of aromatic nitrogens is 2. The summed E-state index contributed by atoms with van der Waals surface area (Å²) in [6.45, 7) is 9.00. The highest BCUT2D eigenvalue weighted by Crippen LogP contribution is 2.41. The number of ether oxygens (including phenoxy) is 1. The second kappa shape index (κ2) is 7.40. The number of benzene rings is 1. The summed E-state index contributed by atoms with van der Waals surface area (Å²) >= 11 is 1.41. The first kappa shape index (κ1) is 18.3. The largest absolute Gasteiger partial charge is 0.461 e. The molecule has 3 rings (SSSR count). The Morgan fingerprint density at radius 1 is 1.32 bits per heavy atom. The van der Waals surface area contributed by atoms with Crippen molar-refractivity contribution in [3.8, 4) is 0 Å². The molecule has 4 nitrogen and oxygen atoms in total. The van der Waals surface area contributed by atoms with Crippen molar-refractivity contribution in [2.75, 3.05) is 5.75 Å². The summed E-state index contributed by atoms with van der Waals surface area (Å²) in [5.74, 6) is 1.21. The van der Waals surface area contributed by atoms with E-state index in [-0.39, 0.29) is 17.5 Å². The van der Waals surface area contributed by atoms with Gasteiger partial charge < -0.3 is 9.72 Å². The number of aromatic amines is 1. The van der Waals surface area contributed by atoms with Crippen LogP contribution in [0, 0.1) is 17.3 Å². The van der Waals surface area contributed by atoms with Crippen molar-refractivity contribution >= 4 is 28.8 Å². The minimum absolute atomic E-state index is 0.0347. The third kappa shape index (κ3) is 4.57. The van der Waals surface area contributed by atoms with Gasteiger partial charge in [-0.3, -0.25) is 4.79 Å². The predicted octanol–water partition coefficient (Wildman–Crippen LogP) is 5.05. The predicted molar refractivity (Wildman–Crippen MR) is 103 cm³/mol. The van der Waals surface area contributed by atoms with Gasteiger partial charge in [-0.05, 0) is 36.3 Å². The molecule has 1 saturated carbocycles. The average molecular weight is 361 g/mol. The Balaban J connectivity index is 1.58. The number of carbonyl (C=O) groups excluding carboxylic acids is 1. The van der Waals surface area contributed by atoms with Crippen LogP contribution in [0.15, 0.2) is 29.4 Å². The van der Waals surface area contributed by atoms with Gasteiger partial charge in [0.25, 0.3) is 0 Å². The second-order valence-corrected chi connectivity index (χ2v) is 9.23. The van der Waals surface area contributed by atoms with E-state index in [2.05, 4.69) is 37.7 Å². The lowest BCUT2D eigenvalue weighted by Gasteiger charge is -2.41. The molecule has 1 aromatic heterocycles. The molecule has 1 N–H and O–H groups in total. The van der Waals surface area contributed by atoms with E-state index < -0.39 is 0 Å². The van der Waals surface area contributed by atoms with Crippen LogP contribution in [-0.4, -0.2) is 27.8 Å². The maximum Gasteiger partial charge on any atom is 0.316 e. The minimum atomic E-state index is -0.140. The van der Waals surface area contributed by atoms with Gasteiger partial charge in [0, 0.05) is 5.92 Å². The third-order valence-electron chi connectivity index (χ3n) is 5.14. The highest BCUT2D eigenvalue weighted by Gasteiger charge is 2.38. The maximum absolute atomic E-state index is 12.4. The molecule has 0 amide bonds. The van der Waals surface area contributed by atoms with Crippen LogP contribution in [0.4, 0.5) is 0 Å². The number of thioether (sulfide) groups is 1. The van der Waals surface area contributed by atoms with E-state index in [4.69, 9.17) is 4.74 Å². The van der Waals surface area contributed by atoms with Crippen LogP contribution in [0.1, 0.15) is 47.0 Å². The van der Waals surface area contributed by atoms with E-state index in [9.17, 15) is 4.79 Å². The first-order chi connectivity index (χ1) is 11.8. The maximum atomic E-state index is 12.4. The van der Waals surface area contributed by atoms with Gasteiger partial charge in [0.2, 0.25) is 0 Å². The fourth-order valence-corrected chi connectivity index (χ4v) is 4.45. The van der Waals surface area contributed by atoms with Crippen molar-refractivity contribution in [1.29, 1.82) is 0 Å². The molecule has 1 aliphatic rings. The van der Waals surface area contributed by atoms with E-state index in [1.54, 1.807) is 0 Å². The van der Waals surface area contributed by atoms with E-state index in [0.29, 0.717) is 17.6 Å². The molecule has 2 aromatic rings. The van der Waals surface area contributed by atoms with Gasteiger partial charge in [-0.25, -0.2) is 4.98 Å². The SMILES string of the molecule is C[C@@H]1CC[C@@H](C(C)(C)C)[C@@H](OC(=O)CSc2nc3ccccc3[nH]2)C1. The molecule has 0 spiro atoms. The Labute approximate surface area is 154 Å². The van der Waals surface area contributed by atoms with E-state index in [1.807, 2.05) is 24.3 Å². The molecule has 25 heavy (non-hydrogen) atoms. The number of hydrogen-bond donors (Lipinski definition) is 1. The normalized spacial score (nSPS) is 24.4. The van der Waals surface area contributed by atoms with Gasteiger partial charge in [0.15, 0.2) is 5.16 Å². The summed E-state index contributed by atoms with van der Waals surface area (Å²) in [7, 11) is 0. The highest BCUT2D eigenvalue weighted by atomic mass is 32.2. The van der Waals surface area contributed by atoms with Crippen LogP contribution < -0.4 is 0 Å². The average Bonchev–Trinajstić information content (AvgIpc) is 2.94. The quantitative estimate of drug-likeness (QED) is 0.612. The van der Waals surface area contributed by atoms with Crippen LogP contribution in [0.3, 0.4) is 0 Å². The van der Waals surface area contributed by atoms with Gasteiger partial charge in [-0.1, -0.05) is 58.0 Å². The zero-order chi connectivity index (χ0) is 18.0. The Kier molecular flexibility index (Phi) is 5.42. The number of rotatable bonds is 4. The van der Waals surface area contributed by atoms with Crippen molar-refractivity contribution in [2.24, 2.45) is 17.3 Å². The number of imidazole rings is 1. The summed E-state index contributed by atoms with van der Waals surface area (Å²) in [6.07, 6.45) is 3.37. The van der Waals surface area contributed by atoms with Crippen molar-refractivity contribution in [3.63, 3.8) is 0 Å².